The number of hydrogen-bond acceptors (Lipinski definition) is 5. The average molecular weight is 268 g/mol. The van der Waals surface area contributed by atoms with Gasteiger partial charge in [-0.05, 0) is 17.9 Å². The van der Waals surface area contributed by atoms with Crippen LogP contribution >= 0.6 is 23.1 Å². The van der Waals surface area contributed by atoms with Crippen molar-refractivity contribution in [3.05, 3.63) is 22.4 Å². The monoisotopic (exact) mass is 268 g/mol. The van der Waals surface area contributed by atoms with Crippen molar-refractivity contribution in [3.63, 3.8) is 0 Å². The largest absolute Gasteiger partial charge is 0.548 e. The van der Waals surface area contributed by atoms with Crippen LogP contribution in [0.4, 0.5) is 0 Å². The summed E-state index contributed by atoms with van der Waals surface area (Å²) < 4.78 is 0. The van der Waals surface area contributed by atoms with Crippen molar-refractivity contribution in [2.45, 2.75) is 23.8 Å². The number of rotatable bonds is 2. The molecule has 0 spiro atoms. The lowest BCUT2D eigenvalue weighted by atomic mass is 10.1. The van der Waals surface area contributed by atoms with Crippen LogP contribution in [0.5, 0.6) is 0 Å². The Morgan fingerprint density at radius 2 is 2.41 bits per heavy atom. The number of thiophene rings is 1. The van der Waals surface area contributed by atoms with E-state index in [9.17, 15) is 14.7 Å². The van der Waals surface area contributed by atoms with Gasteiger partial charge >= 0.3 is 0 Å². The van der Waals surface area contributed by atoms with Crippen LogP contribution in [0.1, 0.15) is 17.7 Å². The number of carboxylic acids is 1. The summed E-state index contributed by atoms with van der Waals surface area (Å²) in [6.07, 6.45) is 1.12. The molecule has 17 heavy (non-hydrogen) atoms. The smallest absolute Gasteiger partial charge is 0.224 e. The molecule has 0 aliphatic carbocycles. The molecule has 0 bridgehead atoms. The molecule has 4 nitrogen and oxygen atoms in total. The molecular formula is C11H10NO3S2-. The third-order valence-corrected chi connectivity index (χ3v) is 6.04. The lowest BCUT2D eigenvalue weighted by Crippen LogP contribution is -2.50. The van der Waals surface area contributed by atoms with Gasteiger partial charge in [-0.2, -0.15) is 0 Å². The van der Waals surface area contributed by atoms with E-state index in [1.54, 1.807) is 23.1 Å². The maximum absolute atomic E-state index is 11.9. The highest BCUT2D eigenvalue weighted by Gasteiger charge is 2.55. The first-order valence-corrected chi connectivity index (χ1v) is 7.23. The third-order valence-electron chi connectivity index (χ3n) is 3.31. The Bertz CT molecular complexity index is 473. The predicted octanol–water partition coefficient (Wildman–Crippen LogP) is 0.389. The zero-order valence-electron chi connectivity index (χ0n) is 8.92. The maximum Gasteiger partial charge on any atom is 0.224 e. The van der Waals surface area contributed by atoms with E-state index in [2.05, 4.69) is 0 Å². The van der Waals surface area contributed by atoms with Gasteiger partial charge in [-0.25, -0.2) is 0 Å². The number of carbonyl (C=O) groups is 2. The van der Waals surface area contributed by atoms with Gasteiger partial charge in [0.25, 0.3) is 0 Å². The molecule has 2 aliphatic heterocycles. The van der Waals surface area contributed by atoms with Crippen molar-refractivity contribution in [2.24, 2.45) is 0 Å². The molecule has 0 N–H and O–H groups in total. The van der Waals surface area contributed by atoms with E-state index in [4.69, 9.17) is 0 Å². The van der Waals surface area contributed by atoms with Crippen LogP contribution in [0.25, 0.3) is 0 Å². The standard InChI is InChI=1S/C11H11NO3S2/c13-9-3-4-11(8-2-1-5-16-8)12(9)7(6-17-11)10(14)15/h1-2,5,7H,3-4,6H2,(H,14,15)/p-1/t7-,11+/m0/s1. The minimum Gasteiger partial charge on any atom is -0.548 e. The fourth-order valence-corrected chi connectivity index (χ4v) is 5.27. The van der Waals surface area contributed by atoms with Crippen molar-refractivity contribution in [3.8, 4) is 0 Å². The first kappa shape index (κ1) is 11.1. The molecule has 3 heterocycles. The van der Waals surface area contributed by atoms with Gasteiger partial charge in [0.05, 0.1) is 12.0 Å². The van der Waals surface area contributed by atoms with Gasteiger partial charge in [-0.3, -0.25) is 4.79 Å². The second kappa shape index (κ2) is 3.74. The molecule has 6 heteroatoms. The lowest BCUT2D eigenvalue weighted by molar-refractivity contribution is -0.310. The zero-order valence-corrected chi connectivity index (χ0v) is 10.6. The first-order chi connectivity index (χ1) is 8.15. The second-order valence-corrected chi connectivity index (χ2v) is 6.42. The fraction of sp³-hybridized carbons (Fsp3) is 0.455. The Labute approximate surface area is 107 Å². The molecule has 2 aliphatic rings. The Hall–Kier alpha value is -1.01. The minimum absolute atomic E-state index is 0.0717. The Balaban J connectivity index is 2.06. The van der Waals surface area contributed by atoms with E-state index in [1.165, 1.54) is 4.90 Å². The molecule has 2 saturated heterocycles. The summed E-state index contributed by atoms with van der Waals surface area (Å²) in [5.74, 6) is -0.796. The molecular weight excluding hydrogens is 258 g/mol. The summed E-state index contributed by atoms with van der Waals surface area (Å²) in [6, 6.07) is 3.13. The lowest BCUT2D eigenvalue weighted by Gasteiger charge is -2.33. The molecule has 0 aromatic carbocycles. The number of carboxylic acid groups (broad SMARTS) is 1. The number of amides is 1. The first-order valence-electron chi connectivity index (χ1n) is 5.36. The third kappa shape index (κ3) is 1.43. The van der Waals surface area contributed by atoms with Crippen LogP contribution in [0, 0.1) is 0 Å². The topological polar surface area (TPSA) is 60.4 Å². The van der Waals surface area contributed by atoms with Gasteiger partial charge in [0, 0.05) is 17.1 Å². The van der Waals surface area contributed by atoms with Crippen molar-refractivity contribution >= 4 is 35.0 Å². The van der Waals surface area contributed by atoms with Crippen molar-refractivity contribution in [2.75, 3.05) is 5.75 Å². The van der Waals surface area contributed by atoms with Crippen LogP contribution in [0.15, 0.2) is 17.5 Å². The maximum atomic E-state index is 11.9. The summed E-state index contributed by atoms with van der Waals surface area (Å²) in [5, 5.41) is 13.0. The molecule has 3 rings (SSSR count). The predicted molar refractivity (Wildman–Crippen MR) is 63.3 cm³/mol. The Kier molecular flexibility index (Phi) is 2.45. The Morgan fingerprint density at radius 1 is 1.59 bits per heavy atom. The SMILES string of the molecule is O=C([O-])[C@@H]1CS[C@@]2(c3cccs3)CCC(=O)N12. The molecule has 1 aromatic heterocycles. The summed E-state index contributed by atoms with van der Waals surface area (Å²) in [7, 11) is 0. The van der Waals surface area contributed by atoms with Crippen molar-refractivity contribution in [1.82, 2.24) is 4.90 Å². The normalized spacial score (nSPS) is 31.9. The van der Waals surface area contributed by atoms with E-state index >= 15 is 0 Å². The zero-order chi connectivity index (χ0) is 12.0. The molecule has 0 saturated carbocycles. The van der Waals surface area contributed by atoms with Crippen LogP contribution in [0.2, 0.25) is 0 Å². The molecule has 2 atom stereocenters. The van der Waals surface area contributed by atoms with E-state index in [1.807, 2.05) is 17.5 Å². The molecule has 2 fully saturated rings. The van der Waals surface area contributed by atoms with Gasteiger partial charge in [0.1, 0.15) is 4.87 Å². The summed E-state index contributed by atoms with van der Waals surface area (Å²) in [4.78, 5) is 25.1. The van der Waals surface area contributed by atoms with Crippen LogP contribution in [0.3, 0.4) is 0 Å². The molecule has 0 unspecified atom stereocenters. The summed E-state index contributed by atoms with van der Waals surface area (Å²) in [6.45, 7) is 0. The van der Waals surface area contributed by atoms with E-state index in [0.29, 0.717) is 18.6 Å². The molecule has 0 radical (unpaired) electrons. The number of carbonyl (C=O) groups excluding carboxylic acids is 2. The number of nitrogens with zero attached hydrogens (tertiary/aromatic N) is 1. The molecule has 1 aromatic rings. The summed E-state index contributed by atoms with van der Waals surface area (Å²) in [5.41, 5.74) is 0. The minimum atomic E-state index is -1.15. The van der Waals surface area contributed by atoms with Crippen molar-refractivity contribution < 1.29 is 14.7 Å². The number of aliphatic carboxylic acids is 1. The highest BCUT2D eigenvalue weighted by atomic mass is 32.2. The number of hydrogen-bond donors (Lipinski definition) is 0. The van der Waals surface area contributed by atoms with E-state index in [0.717, 1.165) is 4.88 Å². The second-order valence-electron chi connectivity index (χ2n) is 4.17. The highest BCUT2D eigenvalue weighted by Crippen LogP contribution is 2.55. The van der Waals surface area contributed by atoms with Crippen LogP contribution in [-0.4, -0.2) is 28.6 Å². The average Bonchev–Trinajstić information content (AvgIpc) is 2.95. The number of fused-ring (bicyclic) bond motifs is 1. The highest BCUT2D eigenvalue weighted by molar-refractivity contribution is 8.00. The van der Waals surface area contributed by atoms with Gasteiger partial charge in [0.2, 0.25) is 5.91 Å². The van der Waals surface area contributed by atoms with E-state index < -0.39 is 16.9 Å². The van der Waals surface area contributed by atoms with Crippen LogP contribution in [-0.2, 0) is 14.5 Å². The van der Waals surface area contributed by atoms with Gasteiger partial charge in [0.15, 0.2) is 0 Å². The van der Waals surface area contributed by atoms with Gasteiger partial charge < -0.3 is 14.8 Å². The molecule has 90 valence electrons. The summed E-state index contributed by atoms with van der Waals surface area (Å²) >= 11 is 3.13. The number of thioether (sulfide) groups is 1. The van der Waals surface area contributed by atoms with Gasteiger partial charge in [-0.1, -0.05) is 6.07 Å². The quantitative estimate of drug-likeness (QED) is 0.778. The van der Waals surface area contributed by atoms with E-state index in [-0.39, 0.29) is 5.91 Å². The van der Waals surface area contributed by atoms with Crippen LogP contribution < -0.4 is 5.11 Å². The van der Waals surface area contributed by atoms with Gasteiger partial charge in [-0.15, -0.1) is 23.1 Å². The Morgan fingerprint density at radius 3 is 3.06 bits per heavy atom. The van der Waals surface area contributed by atoms with Crippen molar-refractivity contribution in [1.29, 1.82) is 0 Å². The fourth-order valence-electron chi connectivity index (χ4n) is 2.56. The molecule has 1 amide bonds.